The Morgan fingerprint density at radius 1 is 1.28 bits per heavy atom. The van der Waals surface area contributed by atoms with Crippen molar-refractivity contribution in [1.82, 2.24) is 9.80 Å². The molecule has 1 aliphatic rings. The number of piperazine rings is 1. The lowest BCUT2D eigenvalue weighted by Gasteiger charge is -2.32. The quantitative estimate of drug-likeness (QED) is 0.803. The minimum absolute atomic E-state index is 0.000283. The lowest BCUT2D eigenvalue weighted by atomic mass is 10.1. The van der Waals surface area contributed by atoms with Crippen LogP contribution in [0.15, 0.2) is 29.2 Å². The summed E-state index contributed by atoms with van der Waals surface area (Å²) in [5.41, 5.74) is 0.948. The Morgan fingerprint density at radius 2 is 1.94 bits per heavy atom. The van der Waals surface area contributed by atoms with Gasteiger partial charge in [-0.15, -0.1) is 12.6 Å². The number of carbonyl (C=O) groups excluding carboxylic acids is 2. The van der Waals surface area contributed by atoms with Crippen molar-refractivity contribution in [3.63, 3.8) is 0 Å². The van der Waals surface area contributed by atoms with Crippen LogP contribution in [0.1, 0.15) is 5.56 Å². The van der Waals surface area contributed by atoms with E-state index in [1.165, 1.54) is 0 Å². The first-order chi connectivity index (χ1) is 8.56. The van der Waals surface area contributed by atoms with Crippen LogP contribution in [-0.4, -0.2) is 48.3 Å². The zero-order valence-corrected chi connectivity index (χ0v) is 11.2. The Kier molecular flexibility index (Phi) is 3.91. The lowest BCUT2D eigenvalue weighted by Crippen LogP contribution is -2.51. The molecule has 1 aliphatic heterocycles. The van der Waals surface area contributed by atoms with Crippen molar-refractivity contribution in [3.05, 3.63) is 29.8 Å². The number of rotatable bonds is 2. The van der Waals surface area contributed by atoms with Gasteiger partial charge in [-0.25, -0.2) is 0 Å². The van der Waals surface area contributed by atoms with Gasteiger partial charge in [0, 0.05) is 25.0 Å². The van der Waals surface area contributed by atoms with E-state index in [0.717, 1.165) is 10.5 Å². The molecule has 1 aromatic rings. The first-order valence-electron chi connectivity index (χ1n) is 5.86. The van der Waals surface area contributed by atoms with E-state index in [4.69, 9.17) is 0 Å². The number of carbonyl (C=O) groups is 2. The summed E-state index contributed by atoms with van der Waals surface area (Å²) in [6.45, 7) is 1.42. The third kappa shape index (κ3) is 3.04. The van der Waals surface area contributed by atoms with Gasteiger partial charge in [0.25, 0.3) is 0 Å². The topological polar surface area (TPSA) is 40.6 Å². The van der Waals surface area contributed by atoms with E-state index >= 15 is 0 Å². The van der Waals surface area contributed by atoms with E-state index in [-0.39, 0.29) is 18.4 Å². The molecule has 0 unspecified atom stereocenters. The largest absolute Gasteiger partial charge is 0.342 e. The average Bonchev–Trinajstić information content (AvgIpc) is 2.35. The number of hydrogen-bond donors (Lipinski definition) is 1. The summed E-state index contributed by atoms with van der Waals surface area (Å²) in [4.78, 5) is 27.7. The second kappa shape index (κ2) is 5.44. The molecular weight excluding hydrogens is 248 g/mol. The third-order valence-electron chi connectivity index (χ3n) is 3.10. The van der Waals surface area contributed by atoms with Crippen molar-refractivity contribution in [3.8, 4) is 0 Å². The van der Waals surface area contributed by atoms with Crippen LogP contribution in [0.25, 0.3) is 0 Å². The third-order valence-corrected chi connectivity index (χ3v) is 3.40. The average molecular weight is 264 g/mol. The fourth-order valence-corrected chi connectivity index (χ4v) is 2.02. The second-order valence-corrected chi connectivity index (χ2v) is 4.99. The summed E-state index contributed by atoms with van der Waals surface area (Å²) in [7, 11) is 1.76. The molecular formula is C13H16N2O2S. The zero-order valence-electron chi connectivity index (χ0n) is 10.3. The molecule has 0 atom stereocenters. The second-order valence-electron chi connectivity index (χ2n) is 4.47. The van der Waals surface area contributed by atoms with Gasteiger partial charge < -0.3 is 9.80 Å². The molecule has 0 radical (unpaired) electrons. The van der Waals surface area contributed by atoms with Crippen LogP contribution in [0.2, 0.25) is 0 Å². The Morgan fingerprint density at radius 3 is 2.56 bits per heavy atom. The summed E-state index contributed by atoms with van der Waals surface area (Å²) in [6, 6.07) is 7.50. The molecule has 1 heterocycles. The highest BCUT2D eigenvalue weighted by Crippen LogP contribution is 2.10. The maximum Gasteiger partial charge on any atom is 0.241 e. The predicted octanol–water partition coefficient (Wildman–Crippen LogP) is 0.818. The zero-order chi connectivity index (χ0) is 13.1. The molecule has 1 saturated heterocycles. The van der Waals surface area contributed by atoms with Crippen LogP contribution < -0.4 is 0 Å². The van der Waals surface area contributed by atoms with Crippen molar-refractivity contribution < 1.29 is 9.59 Å². The maximum atomic E-state index is 12.0. The maximum absolute atomic E-state index is 12.0. The van der Waals surface area contributed by atoms with Gasteiger partial charge >= 0.3 is 0 Å². The van der Waals surface area contributed by atoms with Crippen LogP contribution in [0.5, 0.6) is 0 Å². The number of nitrogens with zero attached hydrogens (tertiary/aromatic N) is 2. The summed E-state index contributed by atoms with van der Waals surface area (Å²) < 4.78 is 0. The van der Waals surface area contributed by atoms with E-state index in [9.17, 15) is 9.59 Å². The highest BCUT2D eigenvalue weighted by molar-refractivity contribution is 7.80. The summed E-state index contributed by atoms with van der Waals surface area (Å²) in [5.74, 6) is 0.00340. The van der Waals surface area contributed by atoms with Crippen molar-refractivity contribution >= 4 is 24.4 Å². The van der Waals surface area contributed by atoms with Crippen LogP contribution in [-0.2, 0) is 16.0 Å². The molecule has 5 heteroatoms. The fraction of sp³-hybridized carbons (Fsp3) is 0.385. The standard InChI is InChI=1S/C13H16N2O2S/c1-14-6-7-15(9-13(14)17)12(16)8-10-2-4-11(18)5-3-10/h2-5,18H,6-9H2,1H3. The highest BCUT2D eigenvalue weighted by atomic mass is 32.1. The molecule has 96 valence electrons. The molecule has 4 nitrogen and oxygen atoms in total. The summed E-state index contributed by atoms with van der Waals surface area (Å²) in [6.07, 6.45) is 0.338. The molecule has 1 fully saturated rings. The normalized spacial score (nSPS) is 16.0. The molecule has 1 aromatic carbocycles. The van der Waals surface area contributed by atoms with E-state index in [1.807, 2.05) is 24.3 Å². The molecule has 0 N–H and O–H groups in total. The highest BCUT2D eigenvalue weighted by Gasteiger charge is 2.24. The van der Waals surface area contributed by atoms with Crippen molar-refractivity contribution in [2.75, 3.05) is 26.7 Å². The smallest absolute Gasteiger partial charge is 0.241 e. The van der Waals surface area contributed by atoms with E-state index in [1.54, 1.807) is 16.8 Å². The van der Waals surface area contributed by atoms with Crippen LogP contribution >= 0.6 is 12.6 Å². The number of benzene rings is 1. The summed E-state index contributed by atoms with van der Waals surface area (Å²) in [5, 5.41) is 0. The Labute approximate surface area is 112 Å². The van der Waals surface area contributed by atoms with E-state index < -0.39 is 0 Å². The van der Waals surface area contributed by atoms with Crippen LogP contribution in [0.4, 0.5) is 0 Å². The van der Waals surface area contributed by atoms with Gasteiger partial charge in [-0.05, 0) is 17.7 Å². The fourth-order valence-electron chi connectivity index (χ4n) is 1.87. The Balaban J connectivity index is 1.96. The molecule has 2 amide bonds. The molecule has 0 spiro atoms. The van der Waals surface area contributed by atoms with Gasteiger partial charge in [-0.3, -0.25) is 9.59 Å². The SMILES string of the molecule is CN1CCN(C(=O)Cc2ccc(S)cc2)CC1=O. The number of thiol groups is 1. The van der Waals surface area contributed by atoms with Gasteiger partial charge in [0.05, 0.1) is 13.0 Å². The van der Waals surface area contributed by atoms with Crippen LogP contribution in [0, 0.1) is 0 Å². The molecule has 0 aliphatic carbocycles. The van der Waals surface area contributed by atoms with Gasteiger partial charge in [0.15, 0.2) is 0 Å². The first kappa shape index (κ1) is 13.0. The number of hydrogen-bond acceptors (Lipinski definition) is 3. The lowest BCUT2D eigenvalue weighted by molar-refractivity contribution is -0.143. The van der Waals surface area contributed by atoms with Crippen molar-refractivity contribution in [2.45, 2.75) is 11.3 Å². The molecule has 0 saturated carbocycles. The minimum atomic E-state index is 0.000283. The number of amides is 2. The Bertz CT molecular complexity index is 459. The monoisotopic (exact) mass is 264 g/mol. The number of likely N-dealkylation sites (N-methyl/N-ethyl adjacent to an activating group) is 1. The molecule has 2 rings (SSSR count). The van der Waals surface area contributed by atoms with Gasteiger partial charge in [0.2, 0.25) is 11.8 Å². The van der Waals surface area contributed by atoms with Crippen molar-refractivity contribution in [2.24, 2.45) is 0 Å². The van der Waals surface area contributed by atoms with E-state index in [2.05, 4.69) is 12.6 Å². The minimum Gasteiger partial charge on any atom is -0.342 e. The van der Waals surface area contributed by atoms with E-state index in [0.29, 0.717) is 19.5 Å². The summed E-state index contributed by atoms with van der Waals surface area (Å²) >= 11 is 4.20. The first-order valence-corrected chi connectivity index (χ1v) is 6.30. The van der Waals surface area contributed by atoms with Gasteiger partial charge in [-0.1, -0.05) is 12.1 Å². The predicted molar refractivity (Wildman–Crippen MR) is 71.6 cm³/mol. The molecule has 18 heavy (non-hydrogen) atoms. The molecule has 0 aromatic heterocycles. The molecule has 0 bridgehead atoms. The Hall–Kier alpha value is -1.49. The van der Waals surface area contributed by atoms with Crippen molar-refractivity contribution in [1.29, 1.82) is 0 Å². The van der Waals surface area contributed by atoms with Gasteiger partial charge in [-0.2, -0.15) is 0 Å². The van der Waals surface area contributed by atoms with Gasteiger partial charge in [0.1, 0.15) is 0 Å². The van der Waals surface area contributed by atoms with Crippen LogP contribution in [0.3, 0.4) is 0 Å².